The number of ether oxygens (including phenoxy) is 2. The molecule has 0 saturated carbocycles. The molecule has 4 rings (SSSR count). The molecule has 0 aliphatic heterocycles. The van der Waals surface area contributed by atoms with Crippen LogP contribution in [0.3, 0.4) is 0 Å². The molecule has 2 unspecified atom stereocenters. The monoisotopic (exact) mass is 852 g/mol. The van der Waals surface area contributed by atoms with Gasteiger partial charge in [-0.25, -0.2) is 8.42 Å². The molecule has 0 aliphatic carbocycles. The number of methoxy groups -OCH3 is 2. The zero-order chi connectivity index (χ0) is 32.7. The van der Waals surface area contributed by atoms with E-state index < -0.39 is 30.2 Å². The number of non-ortho nitro benzene ring substituents is 2. The average Bonchev–Trinajstić information content (AvgIpc) is 3.02. The molecule has 0 spiro atoms. The van der Waals surface area contributed by atoms with Crippen molar-refractivity contribution in [2.75, 3.05) is 14.2 Å². The van der Waals surface area contributed by atoms with Gasteiger partial charge in [0.05, 0.1) is 24.1 Å². The Hall–Kier alpha value is -3.83. The maximum Gasteiger partial charge on any atom is 0.270 e. The Kier molecular flexibility index (Phi) is 11.3. The van der Waals surface area contributed by atoms with E-state index in [-0.39, 0.29) is 34.0 Å². The fourth-order valence-electron chi connectivity index (χ4n) is 4.60. The first-order valence-electron chi connectivity index (χ1n) is 13.2. The van der Waals surface area contributed by atoms with Crippen molar-refractivity contribution < 1.29 is 27.7 Å². The summed E-state index contributed by atoms with van der Waals surface area (Å²) in [4.78, 5) is 22.3. The number of nitro groups is 2. The van der Waals surface area contributed by atoms with Gasteiger partial charge in [0.25, 0.3) is 11.4 Å². The maximum absolute atomic E-state index is 14.9. The second kappa shape index (κ2) is 15.0. The van der Waals surface area contributed by atoms with Crippen LogP contribution in [0.15, 0.2) is 97.1 Å². The van der Waals surface area contributed by atoms with Crippen molar-refractivity contribution in [1.82, 2.24) is 0 Å². The molecule has 10 nitrogen and oxygen atoms in total. The standard InChI is InChI=1S/C32H26I2N2O8S/c1-43-29-15-13-25(35(37)38)19-27(29)31(17-7-21-3-9-23(33)10-4-21)45(41,42)32(18-8-22-5-11-24(34)12-6-22)28-20-26(36(39)40)14-16-30(28)44-2/h3-20,31-32H,1-2H3/b17-7+,18-8+. The summed E-state index contributed by atoms with van der Waals surface area (Å²) in [5, 5.41) is 20.6. The van der Waals surface area contributed by atoms with Crippen molar-refractivity contribution in [1.29, 1.82) is 0 Å². The molecule has 0 aromatic heterocycles. The molecule has 232 valence electrons. The summed E-state index contributed by atoms with van der Waals surface area (Å²) >= 11 is 4.31. The number of nitro benzene ring substituents is 2. The van der Waals surface area contributed by atoms with Crippen molar-refractivity contribution in [2.45, 2.75) is 10.5 Å². The Bertz CT molecular complexity index is 1750. The van der Waals surface area contributed by atoms with Crippen LogP contribution in [0.5, 0.6) is 11.5 Å². The molecule has 2 atom stereocenters. The zero-order valence-corrected chi connectivity index (χ0v) is 29.0. The van der Waals surface area contributed by atoms with E-state index in [9.17, 15) is 28.6 Å². The molecular weight excluding hydrogens is 826 g/mol. The third-order valence-corrected chi connectivity index (χ3v) is 10.5. The van der Waals surface area contributed by atoms with E-state index in [0.717, 1.165) is 7.14 Å². The molecule has 45 heavy (non-hydrogen) atoms. The minimum absolute atomic E-state index is 0.0329. The molecular formula is C32H26I2N2O8S. The van der Waals surface area contributed by atoms with E-state index >= 15 is 0 Å². The minimum atomic E-state index is -4.46. The van der Waals surface area contributed by atoms with Crippen molar-refractivity contribution in [3.05, 3.63) is 147 Å². The van der Waals surface area contributed by atoms with Crippen LogP contribution in [-0.2, 0) is 9.84 Å². The Morgan fingerprint density at radius 3 is 1.31 bits per heavy atom. The summed E-state index contributed by atoms with van der Waals surface area (Å²) in [5.74, 6) is 0.237. The Morgan fingerprint density at radius 1 is 0.644 bits per heavy atom. The second-order valence-electron chi connectivity index (χ2n) is 9.62. The Balaban J connectivity index is 2.01. The van der Waals surface area contributed by atoms with Gasteiger partial charge in [0.2, 0.25) is 0 Å². The first-order valence-corrected chi connectivity index (χ1v) is 17.0. The predicted octanol–water partition coefficient (Wildman–Crippen LogP) is 8.35. The Morgan fingerprint density at radius 2 is 1.00 bits per heavy atom. The molecule has 0 N–H and O–H groups in total. The molecule has 4 aromatic carbocycles. The van der Waals surface area contributed by atoms with Gasteiger partial charge in [0.15, 0.2) is 9.84 Å². The van der Waals surface area contributed by atoms with Crippen molar-refractivity contribution >= 4 is 78.5 Å². The normalized spacial score (nSPS) is 13.1. The lowest BCUT2D eigenvalue weighted by atomic mass is 10.1. The number of benzene rings is 4. The summed E-state index contributed by atoms with van der Waals surface area (Å²) in [6.07, 6.45) is 6.10. The number of halogens is 2. The summed E-state index contributed by atoms with van der Waals surface area (Å²) < 4.78 is 42.8. The van der Waals surface area contributed by atoms with E-state index in [1.807, 2.05) is 48.5 Å². The lowest BCUT2D eigenvalue weighted by Gasteiger charge is -2.24. The zero-order valence-electron chi connectivity index (χ0n) is 23.9. The van der Waals surface area contributed by atoms with Crippen LogP contribution in [0.25, 0.3) is 12.2 Å². The van der Waals surface area contributed by atoms with E-state index in [4.69, 9.17) is 9.47 Å². The molecule has 0 saturated heterocycles. The summed E-state index contributed by atoms with van der Waals surface area (Å²) in [6, 6.07) is 22.2. The van der Waals surface area contributed by atoms with Gasteiger partial charge in [-0.1, -0.05) is 48.6 Å². The number of rotatable bonds is 12. The van der Waals surface area contributed by atoms with Crippen molar-refractivity contribution in [2.24, 2.45) is 0 Å². The first-order chi connectivity index (χ1) is 21.4. The minimum Gasteiger partial charge on any atom is -0.496 e. The number of hydrogen-bond acceptors (Lipinski definition) is 8. The van der Waals surface area contributed by atoms with Crippen molar-refractivity contribution in [3.63, 3.8) is 0 Å². The highest BCUT2D eigenvalue weighted by molar-refractivity contribution is 14.1. The Labute approximate surface area is 287 Å². The van der Waals surface area contributed by atoms with Crippen LogP contribution < -0.4 is 9.47 Å². The van der Waals surface area contributed by atoms with Crippen LogP contribution in [0.2, 0.25) is 0 Å². The molecule has 0 aliphatic rings. The average molecular weight is 852 g/mol. The van der Waals surface area contributed by atoms with Gasteiger partial charge < -0.3 is 9.47 Å². The molecule has 4 aromatic rings. The molecule has 13 heteroatoms. The van der Waals surface area contributed by atoms with E-state index in [0.29, 0.717) is 11.1 Å². The fraction of sp³-hybridized carbons (Fsp3) is 0.125. The van der Waals surface area contributed by atoms with Gasteiger partial charge in [-0.15, -0.1) is 0 Å². The summed E-state index contributed by atoms with van der Waals surface area (Å²) in [7, 11) is -1.77. The van der Waals surface area contributed by atoms with Crippen LogP contribution in [0.1, 0.15) is 32.8 Å². The van der Waals surface area contributed by atoms with E-state index in [1.165, 1.54) is 62.8 Å². The molecule has 0 amide bonds. The SMILES string of the molecule is COc1ccc([N+](=O)[O-])cc1C(/C=C/c1ccc(I)cc1)S(=O)(=O)C(/C=C/c1ccc(I)cc1)c1cc([N+](=O)[O-])ccc1OC. The summed E-state index contributed by atoms with van der Waals surface area (Å²) in [5.41, 5.74) is 0.800. The molecule has 0 radical (unpaired) electrons. The predicted molar refractivity (Wildman–Crippen MR) is 190 cm³/mol. The fourth-order valence-corrected chi connectivity index (χ4v) is 7.30. The smallest absolute Gasteiger partial charge is 0.270 e. The largest absolute Gasteiger partial charge is 0.496 e. The second-order valence-corrected chi connectivity index (χ2v) is 14.3. The van der Waals surface area contributed by atoms with Gasteiger partial charge in [-0.05, 0) is 92.7 Å². The van der Waals surface area contributed by atoms with Gasteiger partial charge in [-0.3, -0.25) is 20.2 Å². The highest BCUT2D eigenvalue weighted by atomic mass is 127. The van der Waals surface area contributed by atoms with E-state index in [1.54, 1.807) is 12.2 Å². The maximum atomic E-state index is 14.9. The van der Waals surface area contributed by atoms with Crippen LogP contribution in [-0.4, -0.2) is 32.5 Å². The third-order valence-electron chi connectivity index (χ3n) is 6.84. The topological polar surface area (TPSA) is 139 Å². The number of sulfone groups is 1. The van der Waals surface area contributed by atoms with Crippen LogP contribution >= 0.6 is 45.2 Å². The van der Waals surface area contributed by atoms with Crippen LogP contribution in [0.4, 0.5) is 11.4 Å². The highest BCUT2D eigenvalue weighted by Crippen LogP contribution is 2.44. The van der Waals surface area contributed by atoms with E-state index in [2.05, 4.69) is 45.2 Å². The van der Waals surface area contributed by atoms with Gasteiger partial charge >= 0.3 is 0 Å². The van der Waals surface area contributed by atoms with Gasteiger partial charge in [-0.2, -0.15) is 0 Å². The highest BCUT2D eigenvalue weighted by Gasteiger charge is 2.38. The quantitative estimate of drug-likeness (QED) is 0.0788. The molecule has 0 bridgehead atoms. The lowest BCUT2D eigenvalue weighted by Crippen LogP contribution is -2.20. The number of hydrogen-bond donors (Lipinski definition) is 0. The van der Waals surface area contributed by atoms with Gasteiger partial charge in [0, 0.05) is 42.5 Å². The molecule has 0 heterocycles. The summed E-state index contributed by atoms with van der Waals surface area (Å²) in [6.45, 7) is 0. The van der Waals surface area contributed by atoms with Crippen molar-refractivity contribution in [3.8, 4) is 11.5 Å². The first kappa shape index (κ1) is 34.1. The third kappa shape index (κ3) is 8.26. The van der Waals surface area contributed by atoms with Gasteiger partial charge in [0.1, 0.15) is 22.0 Å². The molecule has 0 fully saturated rings. The van der Waals surface area contributed by atoms with Crippen LogP contribution in [0, 0.1) is 27.4 Å². The number of nitrogens with zero attached hydrogens (tertiary/aromatic N) is 2. The lowest BCUT2D eigenvalue weighted by molar-refractivity contribution is -0.385.